The van der Waals surface area contributed by atoms with Gasteiger partial charge in [0.25, 0.3) is 0 Å². The fourth-order valence-electron chi connectivity index (χ4n) is 1.52. The first-order valence-corrected chi connectivity index (χ1v) is 6.63. The number of benzene rings is 1. The van der Waals surface area contributed by atoms with Gasteiger partial charge in [-0.1, -0.05) is 17.7 Å². The van der Waals surface area contributed by atoms with Crippen molar-refractivity contribution in [2.45, 2.75) is 6.42 Å². The van der Waals surface area contributed by atoms with Crippen LogP contribution < -0.4 is 10.5 Å². The molecule has 5 heteroatoms. The maximum Gasteiger partial charge on any atom is 0.147 e. The molecule has 0 atom stereocenters. The number of ether oxygens (including phenoxy) is 1. The standard InChI is InChI=1S/C13H12BrClN2O/c14-12-5-9(3-4-16)1-2-13(12)18-11-6-10(15)7-17-8-11/h1-2,5-8H,3-4,16H2. The number of hydrogen-bond donors (Lipinski definition) is 1. The summed E-state index contributed by atoms with van der Waals surface area (Å²) in [4.78, 5) is 3.97. The average molecular weight is 328 g/mol. The van der Waals surface area contributed by atoms with Gasteiger partial charge >= 0.3 is 0 Å². The van der Waals surface area contributed by atoms with E-state index in [9.17, 15) is 0 Å². The average Bonchev–Trinajstić information content (AvgIpc) is 2.33. The maximum absolute atomic E-state index is 5.85. The van der Waals surface area contributed by atoms with Gasteiger partial charge in [-0.25, -0.2) is 0 Å². The van der Waals surface area contributed by atoms with Crippen LogP contribution in [0.1, 0.15) is 5.56 Å². The van der Waals surface area contributed by atoms with E-state index in [0.717, 1.165) is 16.6 Å². The Labute approximate surface area is 119 Å². The first-order chi connectivity index (χ1) is 8.69. The van der Waals surface area contributed by atoms with Crippen LogP contribution in [0.2, 0.25) is 5.02 Å². The van der Waals surface area contributed by atoms with Crippen LogP contribution in [-0.4, -0.2) is 11.5 Å². The highest BCUT2D eigenvalue weighted by atomic mass is 79.9. The van der Waals surface area contributed by atoms with Gasteiger partial charge in [-0.15, -0.1) is 0 Å². The zero-order valence-corrected chi connectivity index (χ0v) is 11.9. The van der Waals surface area contributed by atoms with E-state index in [1.165, 1.54) is 5.56 Å². The van der Waals surface area contributed by atoms with Crippen LogP contribution in [0.4, 0.5) is 0 Å². The lowest BCUT2D eigenvalue weighted by Gasteiger charge is -2.09. The third-order valence-corrected chi connectivity index (χ3v) is 3.16. The van der Waals surface area contributed by atoms with Crippen molar-refractivity contribution in [1.29, 1.82) is 0 Å². The van der Waals surface area contributed by atoms with Crippen molar-refractivity contribution in [2.75, 3.05) is 6.54 Å². The van der Waals surface area contributed by atoms with Crippen LogP contribution in [0.25, 0.3) is 0 Å². The Morgan fingerprint density at radius 2 is 2.11 bits per heavy atom. The van der Waals surface area contributed by atoms with Crippen LogP contribution >= 0.6 is 27.5 Å². The van der Waals surface area contributed by atoms with Gasteiger partial charge in [-0.3, -0.25) is 4.98 Å². The molecule has 2 aromatic rings. The Bertz CT molecular complexity index is 548. The van der Waals surface area contributed by atoms with Gasteiger partial charge in [0, 0.05) is 12.3 Å². The summed E-state index contributed by atoms with van der Waals surface area (Å²) in [5.41, 5.74) is 6.69. The predicted octanol–water partition coefficient (Wildman–Crippen LogP) is 3.79. The van der Waals surface area contributed by atoms with Crippen molar-refractivity contribution in [3.8, 4) is 11.5 Å². The Kier molecular flexibility index (Phi) is 4.58. The second kappa shape index (κ2) is 6.18. The van der Waals surface area contributed by atoms with E-state index in [1.54, 1.807) is 18.5 Å². The summed E-state index contributed by atoms with van der Waals surface area (Å²) in [5.74, 6) is 1.33. The largest absolute Gasteiger partial charge is 0.455 e. The summed E-state index contributed by atoms with van der Waals surface area (Å²) in [5, 5.41) is 0.545. The molecule has 18 heavy (non-hydrogen) atoms. The van der Waals surface area contributed by atoms with Crippen molar-refractivity contribution in [2.24, 2.45) is 5.73 Å². The number of rotatable bonds is 4. The van der Waals surface area contributed by atoms with Gasteiger partial charge in [0.2, 0.25) is 0 Å². The molecule has 1 heterocycles. The van der Waals surface area contributed by atoms with Gasteiger partial charge in [-0.05, 0) is 46.6 Å². The maximum atomic E-state index is 5.85. The SMILES string of the molecule is NCCc1ccc(Oc2cncc(Cl)c2)c(Br)c1. The third kappa shape index (κ3) is 3.45. The normalized spacial score (nSPS) is 10.4. The zero-order valence-electron chi connectivity index (χ0n) is 9.57. The van der Waals surface area contributed by atoms with Crippen molar-refractivity contribution in [1.82, 2.24) is 4.98 Å². The van der Waals surface area contributed by atoms with Crippen LogP contribution in [0.3, 0.4) is 0 Å². The molecule has 0 radical (unpaired) electrons. The Balaban J connectivity index is 2.19. The fraction of sp³-hybridized carbons (Fsp3) is 0.154. The summed E-state index contributed by atoms with van der Waals surface area (Å²) in [6.07, 6.45) is 4.03. The highest BCUT2D eigenvalue weighted by molar-refractivity contribution is 9.10. The summed E-state index contributed by atoms with van der Waals surface area (Å²) in [7, 11) is 0. The van der Waals surface area contributed by atoms with E-state index >= 15 is 0 Å². The minimum absolute atomic E-state index is 0.545. The molecule has 0 fully saturated rings. The third-order valence-electron chi connectivity index (χ3n) is 2.34. The van der Waals surface area contributed by atoms with Crippen molar-refractivity contribution < 1.29 is 4.74 Å². The zero-order chi connectivity index (χ0) is 13.0. The number of nitrogens with zero attached hydrogens (tertiary/aromatic N) is 1. The summed E-state index contributed by atoms with van der Waals surface area (Å²) >= 11 is 9.32. The van der Waals surface area contributed by atoms with Crippen molar-refractivity contribution in [3.63, 3.8) is 0 Å². The number of nitrogens with two attached hydrogens (primary N) is 1. The molecule has 0 saturated carbocycles. The lowest BCUT2D eigenvalue weighted by Crippen LogP contribution is -2.02. The Hall–Kier alpha value is -1.10. The number of hydrogen-bond acceptors (Lipinski definition) is 3. The molecule has 2 rings (SSSR count). The van der Waals surface area contributed by atoms with E-state index < -0.39 is 0 Å². The second-order valence-corrected chi connectivity index (χ2v) is 5.04. The minimum atomic E-state index is 0.545. The van der Waals surface area contributed by atoms with Crippen LogP contribution in [-0.2, 0) is 6.42 Å². The lowest BCUT2D eigenvalue weighted by molar-refractivity contribution is 0.477. The van der Waals surface area contributed by atoms with Crippen molar-refractivity contribution >= 4 is 27.5 Å². The van der Waals surface area contributed by atoms with Crippen molar-refractivity contribution in [3.05, 3.63) is 51.7 Å². The molecule has 0 aliphatic heterocycles. The smallest absolute Gasteiger partial charge is 0.147 e. The van der Waals surface area contributed by atoms with Gasteiger partial charge in [0.1, 0.15) is 11.5 Å². The number of aromatic nitrogens is 1. The molecule has 1 aromatic carbocycles. The van der Waals surface area contributed by atoms with E-state index in [0.29, 0.717) is 17.3 Å². The van der Waals surface area contributed by atoms with Gasteiger partial charge in [0.15, 0.2) is 0 Å². The molecule has 0 spiro atoms. The molecule has 1 aromatic heterocycles. The topological polar surface area (TPSA) is 48.1 Å². The van der Waals surface area contributed by atoms with E-state index in [1.807, 2.05) is 18.2 Å². The molecule has 0 aliphatic carbocycles. The second-order valence-electron chi connectivity index (χ2n) is 3.74. The quantitative estimate of drug-likeness (QED) is 0.929. The Morgan fingerprint density at radius 3 is 2.78 bits per heavy atom. The van der Waals surface area contributed by atoms with Crippen LogP contribution in [0, 0.1) is 0 Å². The fourth-order valence-corrected chi connectivity index (χ4v) is 2.20. The molecule has 94 valence electrons. The van der Waals surface area contributed by atoms with Gasteiger partial charge in [0.05, 0.1) is 15.7 Å². The first-order valence-electron chi connectivity index (χ1n) is 5.46. The Morgan fingerprint density at radius 1 is 1.28 bits per heavy atom. The number of pyridine rings is 1. The van der Waals surface area contributed by atoms with E-state index in [2.05, 4.69) is 20.9 Å². The highest BCUT2D eigenvalue weighted by Gasteiger charge is 2.05. The molecule has 0 bridgehead atoms. The molecular formula is C13H12BrClN2O. The first kappa shape index (κ1) is 13.3. The lowest BCUT2D eigenvalue weighted by atomic mass is 10.1. The minimum Gasteiger partial charge on any atom is -0.455 e. The monoisotopic (exact) mass is 326 g/mol. The summed E-state index contributed by atoms with van der Waals surface area (Å²) in [6.45, 7) is 0.630. The van der Waals surface area contributed by atoms with E-state index in [4.69, 9.17) is 22.1 Å². The van der Waals surface area contributed by atoms with Gasteiger partial charge < -0.3 is 10.5 Å². The number of halogens is 2. The molecular weight excluding hydrogens is 316 g/mol. The summed E-state index contributed by atoms with van der Waals surface area (Å²) in [6, 6.07) is 7.61. The van der Waals surface area contributed by atoms with Gasteiger partial charge in [-0.2, -0.15) is 0 Å². The molecule has 0 amide bonds. The molecule has 0 aliphatic rings. The molecule has 2 N–H and O–H groups in total. The highest BCUT2D eigenvalue weighted by Crippen LogP contribution is 2.31. The predicted molar refractivity (Wildman–Crippen MR) is 76.2 cm³/mol. The molecule has 0 unspecified atom stereocenters. The summed E-state index contributed by atoms with van der Waals surface area (Å²) < 4.78 is 6.58. The van der Waals surface area contributed by atoms with E-state index in [-0.39, 0.29) is 0 Å². The van der Waals surface area contributed by atoms with Crippen LogP contribution in [0.15, 0.2) is 41.1 Å². The molecule has 0 saturated heterocycles. The molecule has 3 nitrogen and oxygen atoms in total. The van der Waals surface area contributed by atoms with Crippen LogP contribution in [0.5, 0.6) is 11.5 Å².